The maximum absolute atomic E-state index is 12.4. The van der Waals surface area contributed by atoms with Gasteiger partial charge in [-0.05, 0) is 35.9 Å². The van der Waals surface area contributed by atoms with E-state index in [1.807, 2.05) is 0 Å². The van der Waals surface area contributed by atoms with Crippen LogP contribution in [-0.4, -0.2) is 134 Å². The Morgan fingerprint density at radius 3 is 1.08 bits per heavy atom. The van der Waals surface area contributed by atoms with Gasteiger partial charge in [0.25, 0.3) is 0 Å². The minimum Gasteiger partial charge on any atom is -0.431 e. The van der Waals surface area contributed by atoms with Crippen molar-refractivity contribution in [2.75, 3.05) is 80.0 Å². The van der Waals surface area contributed by atoms with Crippen molar-refractivity contribution < 1.29 is 60.0 Å². The molecule has 0 spiro atoms. The summed E-state index contributed by atoms with van der Waals surface area (Å²) in [5.41, 5.74) is 12.8. The molecule has 2 fully saturated rings. The van der Waals surface area contributed by atoms with Gasteiger partial charge in [-0.3, -0.25) is 33.9 Å². The normalized spacial score (nSPS) is 14.0. The number of nitrogens with zero attached hydrogens (tertiary/aromatic N) is 7. The number of benzene rings is 2. The zero-order valence-corrected chi connectivity index (χ0v) is 36.3. The van der Waals surface area contributed by atoms with Gasteiger partial charge in [-0.15, -0.1) is 0 Å². The summed E-state index contributed by atoms with van der Waals surface area (Å²) in [6.45, 7) is 7.42. The largest absolute Gasteiger partial charge is 4.00 e. The van der Waals surface area contributed by atoms with Crippen molar-refractivity contribution in [3.05, 3.63) is 142 Å². The van der Waals surface area contributed by atoms with Crippen LogP contribution in [0.4, 0.5) is 0 Å². The molecule has 0 saturated carbocycles. The number of hydrogen-bond donors (Lipinski definition) is 2. The number of carbonyl (C=O) groups excluding carboxylic acids is 5. The summed E-state index contributed by atoms with van der Waals surface area (Å²) in [6.07, 6.45) is 3.98. The molecule has 2 aromatic carbocycles. The Labute approximate surface area is 380 Å². The van der Waals surface area contributed by atoms with E-state index in [-0.39, 0.29) is 63.0 Å². The van der Waals surface area contributed by atoms with Gasteiger partial charge in [0.2, 0.25) is 6.41 Å². The third-order valence-corrected chi connectivity index (χ3v) is 8.67. The Hall–Kier alpha value is -6.41. The number of aromatic nitrogens is 6. The van der Waals surface area contributed by atoms with Crippen LogP contribution in [-0.2, 0) is 40.8 Å². The molecule has 1 amide bonds. The summed E-state index contributed by atoms with van der Waals surface area (Å²) in [6, 6.07) is 24.1. The fraction of sp³-hybridized carbons (Fsp3) is 0.267. The van der Waals surface area contributed by atoms with E-state index in [0.29, 0.717) is 58.4 Å². The second-order valence-electron chi connectivity index (χ2n) is 13.4. The molecule has 2 aliphatic heterocycles. The smallest absolute Gasteiger partial charge is 0.431 e. The molecular formula is C45H47FeN9O9+2. The van der Waals surface area contributed by atoms with E-state index >= 15 is 0 Å². The summed E-state index contributed by atoms with van der Waals surface area (Å²) in [5, 5.41) is 0. The van der Waals surface area contributed by atoms with Crippen LogP contribution >= 0.6 is 0 Å². The average molecular weight is 914 g/mol. The molecule has 0 radical (unpaired) electrons. The Kier molecular flexibility index (Phi) is 20.6. The Bertz CT molecular complexity index is 2150. The van der Waals surface area contributed by atoms with Crippen molar-refractivity contribution in [1.82, 2.24) is 34.8 Å². The van der Waals surface area contributed by atoms with Gasteiger partial charge >= 0.3 is 17.1 Å². The quantitative estimate of drug-likeness (QED) is 0.190. The summed E-state index contributed by atoms with van der Waals surface area (Å²) >= 11 is 0. The van der Waals surface area contributed by atoms with E-state index in [4.69, 9.17) is 30.4 Å². The van der Waals surface area contributed by atoms with Gasteiger partial charge in [-0.2, -0.15) is 0 Å². The van der Waals surface area contributed by atoms with Gasteiger partial charge in [0.15, 0.2) is 23.1 Å². The molecule has 64 heavy (non-hydrogen) atoms. The van der Waals surface area contributed by atoms with Crippen LogP contribution in [0.15, 0.2) is 97.3 Å². The Morgan fingerprint density at radius 1 is 0.531 bits per heavy atom. The molecule has 0 bridgehead atoms. The molecule has 10 rings (SSSR count). The zero-order chi connectivity index (χ0) is 45.0. The van der Waals surface area contributed by atoms with E-state index in [9.17, 15) is 24.0 Å². The number of imidazole rings is 2. The van der Waals surface area contributed by atoms with Gasteiger partial charge < -0.3 is 55.3 Å². The average Bonchev–Trinajstić information content (AvgIpc) is 4.03. The molecule has 6 aromatic rings. The maximum Gasteiger partial charge on any atom is 4.00 e. The number of carbonyl (C=O) groups is 5. The van der Waals surface area contributed by atoms with Crippen molar-refractivity contribution >= 4 is 29.5 Å². The van der Waals surface area contributed by atoms with Gasteiger partial charge in [0, 0.05) is 84.6 Å². The fourth-order valence-corrected chi connectivity index (χ4v) is 5.69. The van der Waals surface area contributed by atoms with Crippen molar-refractivity contribution in [2.24, 2.45) is 11.5 Å². The zero-order valence-electron chi connectivity index (χ0n) is 35.2. The minimum absolute atomic E-state index is 0. The molecule has 4 N–H and O–H groups in total. The first kappa shape index (κ1) is 50.2. The first-order chi connectivity index (χ1) is 30.7. The number of pyridine rings is 2. The molecule has 4 aliphatic rings. The molecular weight excluding hydrogens is 866 g/mol. The minimum atomic E-state index is -0.269. The Morgan fingerprint density at radius 2 is 0.828 bits per heavy atom. The number of rotatable bonds is 4. The molecule has 4 aromatic heterocycles. The van der Waals surface area contributed by atoms with Gasteiger partial charge in [-0.1, -0.05) is 60.7 Å². The third-order valence-electron chi connectivity index (χ3n) is 8.67. The van der Waals surface area contributed by atoms with Crippen molar-refractivity contribution in [3.63, 3.8) is 0 Å². The summed E-state index contributed by atoms with van der Waals surface area (Å²) < 4.78 is 19.8. The van der Waals surface area contributed by atoms with Crippen molar-refractivity contribution in [1.29, 1.82) is 0 Å². The summed E-state index contributed by atoms with van der Waals surface area (Å²) in [5.74, 6) is -0.472. The number of hydrogen-bond acceptors (Lipinski definition) is 15. The van der Waals surface area contributed by atoms with Crippen LogP contribution in [0.3, 0.4) is 0 Å². The van der Waals surface area contributed by atoms with E-state index < -0.39 is 0 Å². The van der Waals surface area contributed by atoms with Crippen LogP contribution in [0.5, 0.6) is 0 Å². The second-order valence-corrected chi connectivity index (χ2v) is 13.4. The van der Waals surface area contributed by atoms with E-state index in [0.717, 1.165) is 59.3 Å². The van der Waals surface area contributed by atoms with E-state index in [1.54, 1.807) is 111 Å². The summed E-state index contributed by atoms with van der Waals surface area (Å²) in [4.78, 5) is 85.7. The first-order valence-corrected chi connectivity index (χ1v) is 19.8. The van der Waals surface area contributed by atoms with Crippen molar-refractivity contribution in [3.8, 4) is 23.0 Å². The maximum atomic E-state index is 12.4. The number of fused-ring (bicyclic) bond motifs is 4. The molecule has 19 heteroatoms. The molecule has 2 saturated heterocycles. The first-order valence-electron chi connectivity index (χ1n) is 19.8. The van der Waals surface area contributed by atoms with Crippen LogP contribution < -0.4 is 21.4 Å². The number of ketones is 4. The summed E-state index contributed by atoms with van der Waals surface area (Å²) in [7, 11) is 3.38. The number of ether oxygens (including phenoxy) is 4. The monoisotopic (exact) mass is 913 g/mol. The molecule has 0 unspecified atom stereocenters. The van der Waals surface area contributed by atoms with E-state index in [1.165, 1.54) is 4.90 Å². The second kappa shape index (κ2) is 26.3. The third kappa shape index (κ3) is 13.5. The molecule has 0 atom stereocenters. The van der Waals surface area contributed by atoms with Crippen LogP contribution in [0.25, 0.3) is 23.0 Å². The van der Waals surface area contributed by atoms with Crippen LogP contribution in [0.1, 0.15) is 64.2 Å². The Balaban J connectivity index is 0.000000193. The van der Waals surface area contributed by atoms with E-state index in [2.05, 4.69) is 29.9 Å². The van der Waals surface area contributed by atoms with Gasteiger partial charge in [-0.25, -0.2) is 0 Å². The van der Waals surface area contributed by atoms with Crippen LogP contribution in [0.2, 0.25) is 0 Å². The standard InChI is InChI=1S/2C16H9N3O2.2C4H8O2.C3H7NO.C2H8N2.Fe/c2*20-14-9-5-1-2-6-10(9)15(21)13-12(14)18-16(19-13)11-7-3-4-8-17-11;2*1-2-6-4-3-5-1;1-4(2)3-5;3-1-2-4;/h2*1-8H,(H,17,18,19,20,21);2*1-4H2;3H,1-2H3;1-4H2;/q;;;;;;+4/p-2. The fourth-order valence-electron chi connectivity index (χ4n) is 5.69. The van der Waals surface area contributed by atoms with Gasteiger partial charge in [0.05, 0.1) is 64.2 Å². The number of amides is 1. The molecule has 18 nitrogen and oxygen atoms in total. The predicted octanol–water partition coefficient (Wildman–Crippen LogP) is 2.42. The van der Waals surface area contributed by atoms with Gasteiger partial charge in [0.1, 0.15) is 0 Å². The van der Waals surface area contributed by atoms with Crippen LogP contribution in [0, 0.1) is 0 Å². The number of nitrogens with two attached hydrogens (primary N) is 2. The van der Waals surface area contributed by atoms with Crippen molar-refractivity contribution in [2.45, 2.75) is 0 Å². The molecule has 2 aliphatic carbocycles. The topological polar surface area (TPSA) is 257 Å². The molecule has 6 heterocycles. The predicted molar refractivity (Wildman–Crippen MR) is 229 cm³/mol. The SMILES string of the molecule is C1COCCO1.C1COCCO1.CN(C)C=O.NCCN.O=C1c2ccccc2C(=O)c2[n-]c(-c3ccccn3)nc21.O=C1c2ccccc2C(=O)c2[n-]c(-c3ccccn3)nc21.[Fe+4]. The molecule has 332 valence electrons.